The summed E-state index contributed by atoms with van der Waals surface area (Å²) in [5.74, 6) is -0.243. The van der Waals surface area contributed by atoms with E-state index in [9.17, 15) is 14.4 Å². The number of hydrogen-bond donors (Lipinski definition) is 2. The third kappa shape index (κ3) is 4.41. The monoisotopic (exact) mass is 497 g/mol. The van der Waals surface area contributed by atoms with E-state index < -0.39 is 17.5 Å². The molecular weight excluding hydrogens is 466 g/mol. The molecule has 1 aromatic heterocycles. The van der Waals surface area contributed by atoms with Crippen LogP contribution in [0, 0.1) is 0 Å². The van der Waals surface area contributed by atoms with Gasteiger partial charge in [0.2, 0.25) is 5.91 Å². The number of para-hydroxylation sites is 1. The maximum absolute atomic E-state index is 13.1. The number of carbonyl (C=O) groups is 3. The van der Waals surface area contributed by atoms with E-state index in [1.54, 1.807) is 4.68 Å². The van der Waals surface area contributed by atoms with Gasteiger partial charge in [-0.2, -0.15) is 5.10 Å². The fourth-order valence-electron chi connectivity index (χ4n) is 5.91. The Hall–Kier alpha value is -3.94. The molecule has 1 saturated heterocycles. The topological polar surface area (TPSA) is 96.3 Å². The standard InChI is InChI=1S/C29H31N5O3/c35-26(19-33-27(36)29(31-28(33)37)15-7-2-8-16-29)30-25-18-24(32-34(25)23-11-3-1-4-12-23)22-14-13-20-9-5-6-10-21(20)17-22/h1,3-4,11-14,17-18H,2,5-10,15-16,19H2,(H,30,35)(H,31,37). The molecule has 0 unspecified atom stereocenters. The summed E-state index contributed by atoms with van der Waals surface area (Å²) < 4.78 is 1.70. The lowest BCUT2D eigenvalue weighted by atomic mass is 9.82. The van der Waals surface area contributed by atoms with Crippen LogP contribution in [-0.2, 0) is 22.4 Å². The van der Waals surface area contributed by atoms with Gasteiger partial charge in [-0.3, -0.25) is 14.5 Å². The Kier molecular flexibility index (Phi) is 6.02. The van der Waals surface area contributed by atoms with Crippen molar-refractivity contribution >= 4 is 23.7 Å². The van der Waals surface area contributed by atoms with Crippen LogP contribution in [0.15, 0.2) is 54.6 Å². The fraction of sp³-hybridized carbons (Fsp3) is 0.379. The Balaban J connectivity index is 1.26. The smallest absolute Gasteiger partial charge is 0.323 e. The van der Waals surface area contributed by atoms with Crippen LogP contribution in [0.3, 0.4) is 0 Å². The zero-order chi connectivity index (χ0) is 25.4. The minimum Gasteiger partial charge on any atom is -0.323 e. The number of nitrogens with zero attached hydrogens (tertiary/aromatic N) is 3. The van der Waals surface area contributed by atoms with E-state index in [-0.39, 0.29) is 12.5 Å². The van der Waals surface area contributed by atoms with E-state index in [4.69, 9.17) is 5.10 Å². The molecule has 1 saturated carbocycles. The molecule has 2 aliphatic carbocycles. The maximum atomic E-state index is 13.1. The van der Waals surface area contributed by atoms with Crippen LogP contribution in [0.2, 0.25) is 0 Å². The van der Waals surface area contributed by atoms with Crippen LogP contribution in [0.4, 0.5) is 10.6 Å². The molecule has 2 heterocycles. The van der Waals surface area contributed by atoms with Crippen LogP contribution in [0.1, 0.15) is 56.1 Å². The first kappa shape index (κ1) is 23.5. The van der Waals surface area contributed by atoms with Crippen LogP contribution in [-0.4, -0.2) is 44.6 Å². The number of rotatable bonds is 5. The van der Waals surface area contributed by atoms with E-state index in [0.717, 1.165) is 53.9 Å². The molecule has 0 atom stereocenters. The minimum atomic E-state index is -0.846. The van der Waals surface area contributed by atoms with Gasteiger partial charge in [0.25, 0.3) is 5.91 Å². The predicted octanol–water partition coefficient (Wildman–Crippen LogP) is 4.61. The number of imide groups is 1. The molecule has 8 nitrogen and oxygen atoms in total. The molecule has 3 aliphatic rings. The van der Waals surface area contributed by atoms with E-state index in [0.29, 0.717) is 18.7 Å². The largest absolute Gasteiger partial charge is 0.325 e. The fourth-order valence-corrected chi connectivity index (χ4v) is 5.91. The van der Waals surface area contributed by atoms with Crippen LogP contribution >= 0.6 is 0 Å². The molecule has 3 aromatic rings. The second kappa shape index (κ2) is 9.50. The van der Waals surface area contributed by atoms with Gasteiger partial charge in [0.1, 0.15) is 17.9 Å². The predicted molar refractivity (Wildman–Crippen MR) is 140 cm³/mol. The molecule has 0 radical (unpaired) electrons. The number of amides is 4. The zero-order valence-electron chi connectivity index (χ0n) is 20.8. The molecule has 2 N–H and O–H groups in total. The molecule has 37 heavy (non-hydrogen) atoms. The second-order valence-corrected chi connectivity index (χ2v) is 10.4. The average molecular weight is 498 g/mol. The molecule has 6 rings (SSSR count). The highest BCUT2D eigenvalue weighted by Crippen LogP contribution is 2.34. The summed E-state index contributed by atoms with van der Waals surface area (Å²) in [7, 11) is 0. The third-order valence-corrected chi connectivity index (χ3v) is 7.88. The summed E-state index contributed by atoms with van der Waals surface area (Å²) in [6.45, 7) is -0.333. The molecule has 0 bridgehead atoms. The maximum Gasteiger partial charge on any atom is 0.325 e. The highest BCUT2D eigenvalue weighted by molar-refractivity contribution is 6.10. The first-order chi connectivity index (χ1) is 18.0. The van der Waals surface area contributed by atoms with Crippen molar-refractivity contribution in [3.05, 3.63) is 65.7 Å². The Labute approximate surface area is 216 Å². The lowest BCUT2D eigenvalue weighted by Crippen LogP contribution is -2.48. The van der Waals surface area contributed by atoms with E-state index >= 15 is 0 Å². The molecule has 1 spiro atoms. The highest BCUT2D eigenvalue weighted by atomic mass is 16.2. The Bertz CT molecular complexity index is 1360. The number of aromatic nitrogens is 2. The minimum absolute atomic E-state index is 0.293. The average Bonchev–Trinajstić information content (AvgIpc) is 3.44. The number of benzene rings is 2. The zero-order valence-corrected chi connectivity index (χ0v) is 20.8. The highest BCUT2D eigenvalue weighted by Gasteiger charge is 2.51. The third-order valence-electron chi connectivity index (χ3n) is 7.88. The number of urea groups is 1. The van der Waals surface area contributed by atoms with Gasteiger partial charge in [-0.1, -0.05) is 49.6 Å². The van der Waals surface area contributed by atoms with Crippen molar-refractivity contribution in [1.29, 1.82) is 0 Å². The van der Waals surface area contributed by atoms with Gasteiger partial charge in [0.05, 0.1) is 11.4 Å². The second-order valence-electron chi connectivity index (χ2n) is 10.4. The molecule has 4 amide bonds. The van der Waals surface area contributed by atoms with Crippen molar-refractivity contribution in [3.63, 3.8) is 0 Å². The number of hydrogen-bond acceptors (Lipinski definition) is 4. The number of carbonyl (C=O) groups excluding carboxylic acids is 3. The van der Waals surface area contributed by atoms with Gasteiger partial charge in [-0.05, 0) is 67.9 Å². The lowest BCUT2D eigenvalue weighted by molar-refractivity contribution is -0.134. The first-order valence-corrected chi connectivity index (χ1v) is 13.2. The molecule has 8 heteroatoms. The van der Waals surface area contributed by atoms with Crippen molar-refractivity contribution in [2.75, 3.05) is 11.9 Å². The van der Waals surface area contributed by atoms with Gasteiger partial charge in [0.15, 0.2) is 0 Å². The van der Waals surface area contributed by atoms with Crippen molar-refractivity contribution < 1.29 is 14.4 Å². The number of aryl methyl sites for hydroxylation is 2. The van der Waals surface area contributed by atoms with Gasteiger partial charge >= 0.3 is 6.03 Å². The summed E-state index contributed by atoms with van der Waals surface area (Å²) in [5.41, 5.74) is 4.47. The van der Waals surface area contributed by atoms with Gasteiger partial charge in [-0.25, -0.2) is 9.48 Å². The number of anilines is 1. The molecule has 2 fully saturated rings. The number of fused-ring (bicyclic) bond motifs is 1. The van der Waals surface area contributed by atoms with E-state index in [2.05, 4.69) is 28.8 Å². The Morgan fingerprint density at radius 3 is 2.46 bits per heavy atom. The molecular formula is C29H31N5O3. The van der Waals surface area contributed by atoms with Gasteiger partial charge < -0.3 is 10.6 Å². The van der Waals surface area contributed by atoms with E-state index in [1.807, 2.05) is 36.4 Å². The SMILES string of the molecule is O=C(CN1C(=O)NC2(CCCCC2)C1=O)Nc1cc(-c2ccc3c(c2)CCCC3)nn1-c1ccccc1. The van der Waals surface area contributed by atoms with Crippen molar-refractivity contribution in [2.24, 2.45) is 0 Å². The summed E-state index contributed by atoms with van der Waals surface area (Å²) in [4.78, 5) is 39.9. The molecule has 2 aromatic carbocycles. The summed E-state index contributed by atoms with van der Waals surface area (Å²) >= 11 is 0. The molecule has 1 aliphatic heterocycles. The first-order valence-electron chi connectivity index (χ1n) is 13.2. The van der Waals surface area contributed by atoms with E-state index in [1.165, 1.54) is 24.0 Å². The van der Waals surface area contributed by atoms with Gasteiger partial charge in [-0.15, -0.1) is 0 Å². The normalized spacial score (nSPS) is 18.5. The Morgan fingerprint density at radius 1 is 0.919 bits per heavy atom. The quantitative estimate of drug-likeness (QED) is 0.503. The van der Waals surface area contributed by atoms with Crippen molar-refractivity contribution in [3.8, 4) is 16.9 Å². The Morgan fingerprint density at radius 2 is 1.68 bits per heavy atom. The summed E-state index contributed by atoms with van der Waals surface area (Å²) in [6.07, 6.45) is 8.70. The van der Waals surface area contributed by atoms with Crippen LogP contribution in [0.25, 0.3) is 16.9 Å². The van der Waals surface area contributed by atoms with Crippen molar-refractivity contribution in [2.45, 2.75) is 63.3 Å². The molecule has 190 valence electrons. The van der Waals surface area contributed by atoms with Crippen LogP contribution in [0.5, 0.6) is 0 Å². The lowest BCUT2D eigenvalue weighted by Gasteiger charge is -2.30. The summed E-state index contributed by atoms with van der Waals surface area (Å²) in [6, 6.07) is 17.4. The van der Waals surface area contributed by atoms with Crippen molar-refractivity contribution in [1.82, 2.24) is 20.0 Å². The number of nitrogens with one attached hydrogen (secondary N) is 2. The van der Waals surface area contributed by atoms with Crippen LogP contribution < -0.4 is 10.6 Å². The summed E-state index contributed by atoms with van der Waals surface area (Å²) in [5, 5.41) is 10.6. The van der Waals surface area contributed by atoms with Gasteiger partial charge in [0, 0.05) is 11.6 Å².